The second-order valence-corrected chi connectivity index (χ2v) is 6.57. The average Bonchev–Trinajstić information content (AvgIpc) is 2.89. The zero-order valence-corrected chi connectivity index (χ0v) is 13.8. The van der Waals surface area contributed by atoms with Crippen molar-refractivity contribution >= 4 is 43.1 Å². The predicted octanol–water partition coefficient (Wildman–Crippen LogP) is 5.45. The normalized spacial score (nSPS) is 10.8. The molecule has 4 heteroatoms. The average molecular weight is 361 g/mol. The predicted molar refractivity (Wildman–Crippen MR) is 90.3 cm³/mol. The van der Waals surface area contributed by atoms with Crippen molar-refractivity contribution in [1.29, 1.82) is 0 Å². The first-order valence-corrected chi connectivity index (χ1v) is 8.21. The van der Waals surface area contributed by atoms with Crippen molar-refractivity contribution in [2.45, 2.75) is 13.5 Å². The Balaban J connectivity index is 1.87. The summed E-state index contributed by atoms with van der Waals surface area (Å²) in [5.41, 5.74) is 1.75. The highest BCUT2D eigenvalue weighted by molar-refractivity contribution is 9.10. The van der Waals surface area contributed by atoms with Gasteiger partial charge in [-0.3, -0.25) is 4.79 Å². The fraction of sp³-hybridized carbons (Fsp3) is 0.118. The van der Waals surface area contributed by atoms with E-state index in [-0.39, 0.29) is 5.78 Å². The van der Waals surface area contributed by atoms with E-state index in [1.54, 1.807) is 24.3 Å². The molecule has 1 heterocycles. The van der Waals surface area contributed by atoms with Crippen molar-refractivity contribution in [3.8, 4) is 5.75 Å². The summed E-state index contributed by atoms with van der Waals surface area (Å²) in [6.45, 7) is 2.01. The molecule has 1 aromatic heterocycles. The summed E-state index contributed by atoms with van der Waals surface area (Å²) in [4.78, 5) is 11.7. The molecule has 2 aromatic carbocycles. The number of ketones is 1. The maximum absolute atomic E-state index is 11.7. The van der Waals surface area contributed by atoms with Crippen molar-refractivity contribution in [3.63, 3.8) is 0 Å². The van der Waals surface area contributed by atoms with E-state index in [0.717, 1.165) is 10.0 Å². The van der Waals surface area contributed by atoms with Crippen molar-refractivity contribution in [3.05, 3.63) is 63.4 Å². The minimum atomic E-state index is 0.00137. The number of hydrogen-bond acceptors (Lipinski definition) is 3. The number of benzene rings is 2. The van der Waals surface area contributed by atoms with E-state index >= 15 is 0 Å². The second-order valence-electron chi connectivity index (χ2n) is 4.74. The molecule has 0 unspecified atom stereocenters. The second kappa shape index (κ2) is 6.00. The lowest BCUT2D eigenvalue weighted by atomic mass is 10.1. The molecule has 0 saturated carbocycles. The lowest BCUT2D eigenvalue weighted by Crippen LogP contribution is -2.01. The molecule has 106 valence electrons. The molecule has 0 saturated heterocycles. The smallest absolute Gasteiger partial charge is 0.163 e. The van der Waals surface area contributed by atoms with Gasteiger partial charge in [0.25, 0.3) is 0 Å². The van der Waals surface area contributed by atoms with E-state index in [4.69, 9.17) is 4.74 Å². The number of rotatable bonds is 4. The van der Waals surface area contributed by atoms with Gasteiger partial charge in [-0.2, -0.15) is 0 Å². The molecule has 2 nitrogen and oxygen atoms in total. The molecule has 0 spiro atoms. The summed E-state index contributed by atoms with van der Waals surface area (Å²) >= 11 is 5.09. The van der Waals surface area contributed by atoms with E-state index in [0.29, 0.717) is 17.9 Å². The monoisotopic (exact) mass is 360 g/mol. The lowest BCUT2D eigenvalue weighted by molar-refractivity contribution is 0.101. The van der Waals surface area contributed by atoms with E-state index in [1.165, 1.54) is 10.1 Å². The van der Waals surface area contributed by atoms with Gasteiger partial charge < -0.3 is 4.74 Å². The van der Waals surface area contributed by atoms with Crippen LogP contribution in [0.5, 0.6) is 5.75 Å². The SMILES string of the molecule is CC(=O)c1cc(Br)ccc1OCc1csc2ccccc12. The van der Waals surface area contributed by atoms with Gasteiger partial charge in [0.1, 0.15) is 12.4 Å². The number of thiophene rings is 1. The van der Waals surface area contributed by atoms with Crippen LogP contribution in [0.2, 0.25) is 0 Å². The van der Waals surface area contributed by atoms with Crippen molar-refractivity contribution in [1.82, 2.24) is 0 Å². The van der Waals surface area contributed by atoms with Crippen LogP contribution >= 0.6 is 27.3 Å². The summed E-state index contributed by atoms with van der Waals surface area (Å²) in [6.07, 6.45) is 0. The van der Waals surface area contributed by atoms with Crippen LogP contribution in [0.1, 0.15) is 22.8 Å². The fourth-order valence-electron chi connectivity index (χ4n) is 2.20. The van der Waals surface area contributed by atoms with Gasteiger partial charge >= 0.3 is 0 Å². The minimum Gasteiger partial charge on any atom is -0.488 e. The van der Waals surface area contributed by atoms with Gasteiger partial charge in [0.15, 0.2) is 5.78 Å². The Kier molecular flexibility index (Phi) is 4.08. The zero-order chi connectivity index (χ0) is 14.8. The molecule has 0 aliphatic rings. The highest BCUT2D eigenvalue weighted by atomic mass is 79.9. The first-order chi connectivity index (χ1) is 10.1. The van der Waals surface area contributed by atoms with E-state index in [9.17, 15) is 4.79 Å². The minimum absolute atomic E-state index is 0.00137. The van der Waals surface area contributed by atoms with Crippen LogP contribution in [-0.4, -0.2) is 5.78 Å². The van der Waals surface area contributed by atoms with Crippen LogP contribution in [-0.2, 0) is 6.61 Å². The summed E-state index contributed by atoms with van der Waals surface area (Å²) < 4.78 is 8.00. The van der Waals surface area contributed by atoms with Gasteiger partial charge in [0.05, 0.1) is 5.56 Å². The van der Waals surface area contributed by atoms with Gasteiger partial charge in [-0.05, 0) is 42.0 Å². The molecule has 0 N–H and O–H groups in total. The van der Waals surface area contributed by atoms with Crippen molar-refractivity contribution < 1.29 is 9.53 Å². The lowest BCUT2D eigenvalue weighted by Gasteiger charge is -2.10. The largest absolute Gasteiger partial charge is 0.488 e. The van der Waals surface area contributed by atoms with Crippen LogP contribution in [0.15, 0.2) is 52.3 Å². The maximum Gasteiger partial charge on any atom is 0.163 e. The third-order valence-corrected chi connectivity index (χ3v) is 4.77. The van der Waals surface area contributed by atoms with Crippen LogP contribution in [0.25, 0.3) is 10.1 Å². The van der Waals surface area contributed by atoms with Crippen LogP contribution in [0, 0.1) is 0 Å². The molecule has 0 aliphatic heterocycles. The summed E-state index contributed by atoms with van der Waals surface area (Å²) in [5.74, 6) is 0.627. The third-order valence-electron chi connectivity index (χ3n) is 3.27. The molecule has 0 aliphatic carbocycles. The van der Waals surface area contributed by atoms with Crippen LogP contribution in [0.4, 0.5) is 0 Å². The Hall–Kier alpha value is -1.65. The van der Waals surface area contributed by atoms with Gasteiger partial charge in [0, 0.05) is 14.7 Å². The maximum atomic E-state index is 11.7. The van der Waals surface area contributed by atoms with E-state index in [1.807, 2.05) is 24.3 Å². The Labute approximate surface area is 135 Å². The van der Waals surface area contributed by atoms with Gasteiger partial charge in [-0.15, -0.1) is 11.3 Å². The molecule has 0 amide bonds. The Morgan fingerprint density at radius 1 is 1.24 bits per heavy atom. The molecular weight excluding hydrogens is 348 g/mol. The molecular formula is C17H13BrO2S. The van der Waals surface area contributed by atoms with E-state index < -0.39 is 0 Å². The van der Waals surface area contributed by atoms with Gasteiger partial charge in [-0.25, -0.2) is 0 Å². The molecule has 3 rings (SSSR count). The first kappa shape index (κ1) is 14.3. The highest BCUT2D eigenvalue weighted by Crippen LogP contribution is 2.28. The third kappa shape index (κ3) is 3.01. The quantitative estimate of drug-likeness (QED) is 0.578. The summed E-state index contributed by atoms with van der Waals surface area (Å²) in [6, 6.07) is 13.8. The molecule has 0 radical (unpaired) electrons. The number of ether oxygens (including phenoxy) is 1. The summed E-state index contributed by atoms with van der Waals surface area (Å²) in [5, 5.41) is 3.32. The molecule has 21 heavy (non-hydrogen) atoms. The van der Waals surface area contributed by atoms with Gasteiger partial charge in [-0.1, -0.05) is 34.1 Å². The number of carbonyl (C=O) groups excluding carboxylic acids is 1. The van der Waals surface area contributed by atoms with E-state index in [2.05, 4.69) is 33.4 Å². The van der Waals surface area contributed by atoms with Gasteiger partial charge in [0.2, 0.25) is 0 Å². The number of Topliss-reactive ketones (excluding diaryl/α,β-unsaturated/α-hetero) is 1. The number of halogens is 1. The number of carbonyl (C=O) groups is 1. The Bertz CT molecular complexity index is 807. The zero-order valence-electron chi connectivity index (χ0n) is 11.4. The fourth-order valence-corrected chi connectivity index (χ4v) is 3.51. The highest BCUT2D eigenvalue weighted by Gasteiger charge is 2.10. The topological polar surface area (TPSA) is 26.3 Å². The Morgan fingerprint density at radius 2 is 2.05 bits per heavy atom. The molecule has 0 bridgehead atoms. The number of fused-ring (bicyclic) bond motifs is 1. The number of hydrogen-bond donors (Lipinski definition) is 0. The molecule has 0 fully saturated rings. The van der Waals surface area contributed by atoms with Crippen molar-refractivity contribution in [2.24, 2.45) is 0 Å². The van der Waals surface area contributed by atoms with Crippen LogP contribution < -0.4 is 4.74 Å². The Morgan fingerprint density at radius 3 is 2.86 bits per heavy atom. The standard InChI is InChI=1S/C17H13BrO2S/c1-11(19)15-8-13(18)6-7-16(15)20-9-12-10-21-17-5-3-2-4-14(12)17/h2-8,10H,9H2,1H3. The molecule has 3 aromatic rings. The van der Waals surface area contributed by atoms with Crippen LogP contribution in [0.3, 0.4) is 0 Å². The molecule has 0 atom stereocenters. The first-order valence-electron chi connectivity index (χ1n) is 6.53. The summed E-state index contributed by atoms with van der Waals surface area (Å²) in [7, 11) is 0. The van der Waals surface area contributed by atoms with Crippen molar-refractivity contribution in [2.75, 3.05) is 0 Å².